The first-order chi connectivity index (χ1) is 7.27. The fourth-order valence-electron chi connectivity index (χ4n) is 1.43. The van der Waals surface area contributed by atoms with Crippen molar-refractivity contribution < 1.29 is 0 Å². The number of benzene rings is 1. The van der Waals surface area contributed by atoms with Gasteiger partial charge in [0.2, 0.25) is 0 Å². The fourth-order valence-corrected chi connectivity index (χ4v) is 1.71. The number of hydrogen-bond donors (Lipinski definition) is 0. The van der Waals surface area contributed by atoms with Crippen molar-refractivity contribution >= 4 is 11.6 Å². The van der Waals surface area contributed by atoms with E-state index in [4.69, 9.17) is 11.6 Å². The smallest absolute Gasteiger partial charge is 0.101 e. The first-order valence-corrected chi connectivity index (χ1v) is 5.32. The van der Waals surface area contributed by atoms with Crippen LogP contribution in [0.25, 0.3) is 0 Å². The van der Waals surface area contributed by atoms with Gasteiger partial charge in [-0.15, -0.1) is 11.6 Å². The average molecular weight is 218 g/mol. The van der Waals surface area contributed by atoms with Crippen LogP contribution in [0.1, 0.15) is 22.2 Å². The second-order valence-electron chi connectivity index (χ2n) is 3.53. The van der Waals surface area contributed by atoms with E-state index >= 15 is 0 Å². The molecule has 0 radical (unpaired) electrons. The first-order valence-electron chi connectivity index (χ1n) is 4.89. The summed E-state index contributed by atoms with van der Waals surface area (Å²) in [7, 11) is 0. The van der Waals surface area contributed by atoms with Gasteiger partial charge in [-0.2, -0.15) is 0 Å². The molecule has 0 saturated carbocycles. The van der Waals surface area contributed by atoms with E-state index in [2.05, 4.69) is 24.0 Å². The number of aryl methyl sites for hydroxylation is 1. The molecule has 1 nitrogen and oxygen atoms in total. The van der Waals surface area contributed by atoms with Crippen LogP contribution in [0.15, 0.2) is 48.7 Å². The van der Waals surface area contributed by atoms with Crippen LogP contribution in [0, 0.1) is 6.92 Å². The minimum Gasteiger partial charge on any atom is -0.259 e. The summed E-state index contributed by atoms with van der Waals surface area (Å²) in [6.07, 6.45) is 1.76. The summed E-state index contributed by atoms with van der Waals surface area (Å²) in [5, 5.41) is -0.160. The Bertz CT molecular complexity index is 422. The number of aromatic nitrogens is 1. The molecule has 1 atom stereocenters. The third kappa shape index (κ3) is 2.37. The molecule has 0 amide bonds. The Labute approximate surface area is 94.7 Å². The number of halogens is 1. The molecule has 1 aromatic carbocycles. The van der Waals surface area contributed by atoms with Crippen LogP contribution in [-0.2, 0) is 0 Å². The molecule has 0 aliphatic rings. The maximum absolute atomic E-state index is 6.32. The van der Waals surface area contributed by atoms with Crippen molar-refractivity contribution in [1.29, 1.82) is 0 Å². The lowest BCUT2D eigenvalue weighted by atomic mass is 10.1. The zero-order chi connectivity index (χ0) is 10.7. The molecule has 0 aliphatic heterocycles. The molecule has 0 bridgehead atoms. The number of alkyl halides is 1. The third-order valence-corrected chi connectivity index (χ3v) is 2.79. The molecule has 1 unspecified atom stereocenters. The van der Waals surface area contributed by atoms with Crippen LogP contribution >= 0.6 is 11.6 Å². The van der Waals surface area contributed by atoms with Gasteiger partial charge in [-0.25, -0.2) is 0 Å². The average Bonchev–Trinajstić information content (AvgIpc) is 2.30. The highest BCUT2D eigenvalue weighted by molar-refractivity contribution is 6.22. The molecule has 15 heavy (non-hydrogen) atoms. The van der Waals surface area contributed by atoms with Gasteiger partial charge in [0, 0.05) is 6.20 Å². The van der Waals surface area contributed by atoms with Crippen LogP contribution in [0.2, 0.25) is 0 Å². The van der Waals surface area contributed by atoms with Crippen LogP contribution in [-0.4, -0.2) is 4.98 Å². The minimum absolute atomic E-state index is 0.160. The highest BCUT2D eigenvalue weighted by atomic mass is 35.5. The van der Waals surface area contributed by atoms with Crippen molar-refractivity contribution in [2.45, 2.75) is 12.3 Å². The number of hydrogen-bond acceptors (Lipinski definition) is 1. The molecule has 0 N–H and O–H groups in total. The highest BCUT2D eigenvalue weighted by Crippen LogP contribution is 2.26. The lowest BCUT2D eigenvalue weighted by Crippen LogP contribution is -1.95. The van der Waals surface area contributed by atoms with Gasteiger partial charge >= 0.3 is 0 Å². The van der Waals surface area contributed by atoms with Gasteiger partial charge in [0.25, 0.3) is 0 Å². The lowest BCUT2D eigenvalue weighted by molar-refractivity contribution is 1.04. The first kappa shape index (κ1) is 10.2. The molecule has 1 heterocycles. The van der Waals surface area contributed by atoms with Gasteiger partial charge in [0.05, 0.1) is 5.69 Å². The monoisotopic (exact) mass is 217 g/mol. The molecular formula is C13H12ClN. The summed E-state index contributed by atoms with van der Waals surface area (Å²) < 4.78 is 0. The largest absolute Gasteiger partial charge is 0.259 e. The Kier molecular flexibility index (Phi) is 3.02. The molecular weight excluding hydrogens is 206 g/mol. The summed E-state index contributed by atoms with van der Waals surface area (Å²) >= 11 is 6.32. The van der Waals surface area contributed by atoms with Crippen LogP contribution < -0.4 is 0 Å². The van der Waals surface area contributed by atoms with Crippen molar-refractivity contribution in [3.8, 4) is 0 Å². The maximum Gasteiger partial charge on any atom is 0.101 e. The van der Waals surface area contributed by atoms with Crippen molar-refractivity contribution in [3.63, 3.8) is 0 Å². The predicted molar refractivity (Wildman–Crippen MR) is 63.1 cm³/mol. The van der Waals surface area contributed by atoms with E-state index in [1.807, 2.05) is 30.3 Å². The fraction of sp³-hybridized carbons (Fsp3) is 0.154. The predicted octanol–water partition coefficient (Wildman–Crippen LogP) is 3.72. The van der Waals surface area contributed by atoms with Gasteiger partial charge in [-0.05, 0) is 24.6 Å². The van der Waals surface area contributed by atoms with E-state index in [9.17, 15) is 0 Å². The molecule has 2 aromatic rings. The second-order valence-corrected chi connectivity index (χ2v) is 3.96. The summed E-state index contributed by atoms with van der Waals surface area (Å²) in [5.41, 5.74) is 3.22. The normalized spacial score (nSPS) is 12.4. The number of rotatable bonds is 2. The van der Waals surface area contributed by atoms with Crippen molar-refractivity contribution in [2.75, 3.05) is 0 Å². The Morgan fingerprint density at radius 3 is 2.40 bits per heavy atom. The van der Waals surface area contributed by atoms with Gasteiger partial charge < -0.3 is 0 Å². The van der Waals surface area contributed by atoms with E-state index in [0.717, 1.165) is 11.3 Å². The number of pyridine rings is 1. The molecule has 1 aromatic heterocycles. The SMILES string of the molecule is Cc1ccc(C(Cl)c2ccccn2)cc1. The highest BCUT2D eigenvalue weighted by Gasteiger charge is 2.10. The summed E-state index contributed by atoms with van der Waals surface area (Å²) in [6.45, 7) is 2.06. The molecule has 2 rings (SSSR count). The molecule has 2 heteroatoms. The summed E-state index contributed by atoms with van der Waals surface area (Å²) in [4.78, 5) is 4.25. The zero-order valence-electron chi connectivity index (χ0n) is 8.52. The third-order valence-electron chi connectivity index (χ3n) is 2.32. The maximum atomic E-state index is 6.32. The summed E-state index contributed by atoms with van der Waals surface area (Å²) in [5.74, 6) is 0. The molecule has 0 saturated heterocycles. The molecule has 0 fully saturated rings. The standard InChI is InChI=1S/C13H12ClN/c1-10-5-7-11(8-6-10)13(14)12-4-2-3-9-15-12/h2-9,13H,1H3. The molecule has 76 valence electrons. The Hall–Kier alpha value is -1.34. The van der Waals surface area contributed by atoms with Gasteiger partial charge in [-0.3, -0.25) is 4.98 Å². The Balaban J connectivity index is 2.29. The second kappa shape index (κ2) is 4.45. The molecule has 0 spiro atoms. The van der Waals surface area contributed by atoms with Crippen LogP contribution in [0.3, 0.4) is 0 Å². The van der Waals surface area contributed by atoms with E-state index in [-0.39, 0.29) is 5.38 Å². The van der Waals surface area contributed by atoms with Gasteiger partial charge in [0.15, 0.2) is 0 Å². The summed E-state index contributed by atoms with van der Waals surface area (Å²) in [6, 6.07) is 14.0. The minimum atomic E-state index is -0.160. The Morgan fingerprint density at radius 2 is 1.80 bits per heavy atom. The van der Waals surface area contributed by atoms with Gasteiger partial charge in [-0.1, -0.05) is 35.9 Å². The van der Waals surface area contributed by atoms with E-state index in [1.54, 1.807) is 6.20 Å². The topological polar surface area (TPSA) is 12.9 Å². The van der Waals surface area contributed by atoms with Gasteiger partial charge in [0.1, 0.15) is 5.38 Å². The van der Waals surface area contributed by atoms with Crippen LogP contribution in [0.4, 0.5) is 0 Å². The van der Waals surface area contributed by atoms with E-state index in [0.29, 0.717) is 0 Å². The van der Waals surface area contributed by atoms with E-state index < -0.39 is 0 Å². The zero-order valence-corrected chi connectivity index (χ0v) is 9.28. The van der Waals surface area contributed by atoms with E-state index in [1.165, 1.54) is 5.56 Å². The number of nitrogens with zero attached hydrogens (tertiary/aromatic N) is 1. The quantitative estimate of drug-likeness (QED) is 0.699. The Morgan fingerprint density at radius 1 is 1.07 bits per heavy atom. The van der Waals surface area contributed by atoms with Crippen molar-refractivity contribution in [3.05, 3.63) is 65.5 Å². The van der Waals surface area contributed by atoms with Crippen LogP contribution in [0.5, 0.6) is 0 Å². The van der Waals surface area contributed by atoms with Crippen molar-refractivity contribution in [2.24, 2.45) is 0 Å². The molecule has 0 aliphatic carbocycles. The van der Waals surface area contributed by atoms with Crippen molar-refractivity contribution in [1.82, 2.24) is 4.98 Å². The lowest BCUT2D eigenvalue weighted by Gasteiger charge is -2.09.